The van der Waals surface area contributed by atoms with Crippen molar-refractivity contribution in [3.8, 4) is 0 Å². The van der Waals surface area contributed by atoms with Gasteiger partial charge in [-0.2, -0.15) is 0 Å². The van der Waals surface area contributed by atoms with E-state index in [2.05, 4.69) is 22.0 Å². The molecule has 3 aromatic rings. The summed E-state index contributed by atoms with van der Waals surface area (Å²) in [6.45, 7) is 0.886. The second-order valence-corrected chi connectivity index (χ2v) is 4.95. The number of nitrogens with two attached hydrogens (primary N) is 1. The zero-order valence-corrected chi connectivity index (χ0v) is 10.7. The van der Waals surface area contributed by atoms with Crippen molar-refractivity contribution in [2.45, 2.75) is 6.42 Å². The van der Waals surface area contributed by atoms with Gasteiger partial charge in [0.25, 0.3) is 0 Å². The monoisotopic (exact) mass is 267 g/mol. The van der Waals surface area contributed by atoms with Gasteiger partial charge in [-0.05, 0) is 24.1 Å². The van der Waals surface area contributed by atoms with E-state index in [9.17, 15) is 4.79 Å². The van der Waals surface area contributed by atoms with Crippen molar-refractivity contribution in [2.24, 2.45) is 0 Å². The van der Waals surface area contributed by atoms with E-state index in [1.165, 1.54) is 11.3 Å². The van der Waals surface area contributed by atoms with Gasteiger partial charge in [0.05, 0.1) is 16.9 Å². The first-order chi connectivity index (χ1) is 9.72. The molecule has 2 aromatic carbocycles. The summed E-state index contributed by atoms with van der Waals surface area (Å²) < 4.78 is 5.03. The van der Waals surface area contributed by atoms with Crippen molar-refractivity contribution < 1.29 is 4.42 Å². The molecule has 20 heavy (non-hydrogen) atoms. The number of aromatic amines is 1. The number of benzene rings is 2. The van der Waals surface area contributed by atoms with E-state index in [0.29, 0.717) is 16.8 Å². The van der Waals surface area contributed by atoms with Gasteiger partial charge in [0, 0.05) is 18.3 Å². The molecular weight excluding hydrogens is 254 g/mol. The normalized spacial score (nSPS) is 13.9. The summed E-state index contributed by atoms with van der Waals surface area (Å²) in [6.07, 6.45) is 0.996. The van der Waals surface area contributed by atoms with Crippen LogP contribution >= 0.6 is 0 Å². The molecule has 0 radical (unpaired) electrons. The molecule has 5 heteroatoms. The van der Waals surface area contributed by atoms with Crippen molar-refractivity contribution in [3.05, 3.63) is 52.5 Å². The third-order valence-electron chi connectivity index (χ3n) is 3.75. The van der Waals surface area contributed by atoms with E-state index in [1.54, 1.807) is 6.07 Å². The molecule has 1 aliphatic heterocycles. The molecule has 0 bridgehead atoms. The summed E-state index contributed by atoms with van der Waals surface area (Å²) in [4.78, 5) is 16.1. The van der Waals surface area contributed by atoms with Crippen LogP contribution in [0.3, 0.4) is 0 Å². The van der Waals surface area contributed by atoms with Gasteiger partial charge in [0.15, 0.2) is 5.58 Å². The Balaban J connectivity index is 1.91. The molecule has 0 amide bonds. The molecule has 4 rings (SSSR count). The summed E-state index contributed by atoms with van der Waals surface area (Å²) in [5.41, 5.74) is 11.3. The third-order valence-corrected chi connectivity index (χ3v) is 3.75. The highest BCUT2D eigenvalue weighted by Gasteiger charge is 2.22. The number of oxazole rings is 1. The van der Waals surface area contributed by atoms with Crippen LogP contribution < -0.4 is 16.4 Å². The molecule has 0 unspecified atom stereocenters. The second-order valence-electron chi connectivity index (χ2n) is 4.95. The fourth-order valence-electron chi connectivity index (χ4n) is 2.82. The van der Waals surface area contributed by atoms with Crippen molar-refractivity contribution in [3.63, 3.8) is 0 Å². The van der Waals surface area contributed by atoms with Crippen molar-refractivity contribution >= 4 is 28.2 Å². The summed E-state index contributed by atoms with van der Waals surface area (Å²) >= 11 is 0. The quantitative estimate of drug-likeness (QED) is 0.664. The van der Waals surface area contributed by atoms with Gasteiger partial charge in [-0.3, -0.25) is 4.98 Å². The van der Waals surface area contributed by atoms with Gasteiger partial charge in [-0.1, -0.05) is 18.2 Å². The lowest BCUT2D eigenvalue weighted by atomic mass is 10.1. The number of hydrogen-bond donors (Lipinski definition) is 2. The van der Waals surface area contributed by atoms with E-state index in [1.807, 2.05) is 18.2 Å². The van der Waals surface area contributed by atoms with E-state index >= 15 is 0 Å². The average molecular weight is 267 g/mol. The Morgan fingerprint density at radius 3 is 2.95 bits per heavy atom. The maximum absolute atomic E-state index is 11.3. The zero-order valence-electron chi connectivity index (χ0n) is 10.7. The molecule has 0 saturated carbocycles. The van der Waals surface area contributed by atoms with Crippen LogP contribution in [0.2, 0.25) is 0 Å². The first kappa shape index (κ1) is 11.2. The van der Waals surface area contributed by atoms with Crippen molar-refractivity contribution in [1.82, 2.24) is 4.98 Å². The fourth-order valence-corrected chi connectivity index (χ4v) is 2.82. The molecule has 2 heterocycles. The highest BCUT2D eigenvalue weighted by atomic mass is 16.4. The van der Waals surface area contributed by atoms with Gasteiger partial charge in [0.1, 0.15) is 0 Å². The number of rotatable bonds is 1. The Hall–Kier alpha value is -2.69. The Morgan fingerprint density at radius 1 is 1.20 bits per heavy atom. The van der Waals surface area contributed by atoms with E-state index in [-0.39, 0.29) is 0 Å². The summed E-state index contributed by atoms with van der Waals surface area (Å²) in [5.74, 6) is -0.460. The topological polar surface area (TPSA) is 75.3 Å². The van der Waals surface area contributed by atoms with E-state index in [0.717, 1.165) is 18.7 Å². The second kappa shape index (κ2) is 3.90. The minimum absolute atomic E-state index is 0.460. The Labute approximate surface area is 114 Å². The van der Waals surface area contributed by atoms with Crippen LogP contribution in [0, 0.1) is 0 Å². The maximum atomic E-state index is 11.3. The Bertz CT molecular complexity index is 863. The lowest BCUT2D eigenvalue weighted by molar-refractivity contribution is 0.555. The van der Waals surface area contributed by atoms with Gasteiger partial charge >= 0.3 is 5.76 Å². The van der Waals surface area contributed by atoms with Crippen LogP contribution in [0.1, 0.15) is 5.56 Å². The van der Waals surface area contributed by atoms with Crippen LogP contribution in [0.4, 0.5) is 17.1 Å². The van der Waals surface area contributed by atoms with Crippen LogP contribution in [0.15, 0.2) is 45.6 Å². The molecule has 0 aliphatic carbocycles. The number of anilines is 3. The molecule has 1 aliphatic rings. The number of para-hydroxylation sites is 1. The van der Waals surface area contributed by atoms with E-state index in [4.69, 9.17) is 10.2 Å². The Kier molecular flexibility index (Phi) is 2.18. The minimum Gasteiger partial charge on any atom is -0.408 e. The predicted octanol–water partition coefficient (Wildman–Crippen LogP) is 2.40. The average Bonchev–Trinajstić information content (AvgIpc) is 3.00. The summed E-state index contributed by atoms with van der Waals surface area (Å²) in [7, 11) is 0. The molecular formula is C15H13N3O2. The molecule has 5 nitrogen and oxygen atoms in total. The lowest BCUT2D eigenvalue weighted by Crippen LogP contribution is -2.14. The van der Waals surface area contributed by atoms with Crippen LogP contribution in [0.25, 0.3) is 11.1 Å². The molecule has 1 aromatic heterocycles. The highest BCUT2D eigenvalue weighted by Crippen LogP contribution is 2.38. The number of fused-ring (bicyclic) bond motifs is 2. The first-order valence-corrected chi connectivity index (χ1v) is 6.50. The van der Waals surface area contributed by atoms with Gasteiger partial charge < -0.3 is 15.1 Å². The first-order valence-electron chi connectivity index (χ1n) is 6.50. The largest absolute Gasteiger partial charge is 0.417 e. The van der Waals surface area contributed by atoms with Gasteiger partial charge in [0.2, 0.25) is 0 Å². The predicted molar refractivity (Wildman–Crippen MR) is 78.4 cm³/mol. The molecule has 0 saturated heterocycles. The zero-order chi connectivity index (χ0) is 13.7. The molecule has 0 spiro atoms. The number of H-pyrrole nitrogens is 1. The third kappa shape index (κ3) is 1.53. The molecule has 0 atom stereocenters. The highest BCUT2D eigenvalue weighted by molar-refractivity contribution is 5.88. The van der Waals surface area contributed by atoms with Crippen LogP contribution in [0.5, 0.6) is 0 Å². The number of nitrogens with one attached hydrogen (secondary N) is 1. The fraction of sp³-hybridized carbons (Fsp3) is 0.133. The standard InChI is InChI=1S/C15H13N3O2/c16-10-7-14-11(17-15(19)20-14)8-13(10)18-6-5-9-3-1-2-4-12(9)18/h1-4,7-8H,5-6,16H2,(H,17,19). The molecule has 3 N–H and O–H groups in total. The molecule has 0 fully saturated rings. The summed E-state index contributed by atoms with van der Waals surface area (Å²) in [6, 6.07) is 11.9. The number of aromatic nitrogens is 1. The number of hydrogen-bond acceptors (Lipinski definition) is 4. The van der Waals surface area contributed by atoms with Gasteiger partial charge in [-0.25, -0.2) is 4.79 Å². The Morgan fingerprint density at radius 2 is 2.05 bits per heavy atom. The maximum Gasteiger partial charge on any atom is 0.417 e. The molecule has 100 valence electrons. The minimum atomic E-state index is -0.460. The summed E-state index contributed by atoms with van der Waals surface area (Å²) in [5, 5.41) is 0. The van der Waals surface area contributed by atoms with Crippen molar-refractivity contribution in [1.29, 1.82) is 0 Å². The lowest BCUT2D eigenvalue weighted by Gasteiger charge is -2.21. The number of nitrogen functional groups attached to an aromatic ring is 1. The van der Waals surface area contributed by atoms with Crippen LogP contribution in [-0.4, -0.2) is 11.5 Å². The smallest absolute Gasteiger partial charge is 0.408 e. The van der Waals surface area contributed by atoms with Gasteiger partial charge in [-0.15, -0.1) is 0 Å². The van der Waals surface area contributed by atoms with Crippen LogP contribution in [-0.2, 0) is 6.42 Å². The SMILES string of the molecule is Nc1cc2oc(=O)[nH]c2cc1N1CCc2ccccc21. The van der Waals surface area contributed by atoms with E-state index < -0.39 is 5.76 Å². The number of nitrogens with zero attached hydrogens (tertiary/aromatic N) is 1. The van der Waals surface area contributed by atoms with Crippen molar-refractivity contribution in [2.75, 3.05) is 17.2 Å².